The predicted octanol–water partition coefficient (Wildman–Crippen LogP) is 2.42. The molecule has 0 aliphatic carbocycles. The predicted molar refractivity (Wildman–Crippen MR) is 75.9 cm³/mol. The van der Waals surface area contributed by atoms with E-state index in [9.17, 15) is 0 Å². The Bertz CT molecular complexity index is 367. The highest BCUT2D eigenvalue weighted by Crippen LogP contribution is 2.32. The number of hydrogen-bond donors (Lipinski definition) is 2. The molecule has 0 fully saturated rings. The number of anilines is 1. The van der Waals surface area contributed by atoms with Gasteiger partial charge in [-0.1, -0.05) is 0 Å². The fourth-order valence-electron chi connectivity index (χ4n) is 1.87. The molecular formula is C14H24N2O2. The summed E-state index contributed by atoms with van der Waals surface area (Å²) >= 11 is 0. The van der Waals surface area contributed by atoms with Crippen molar-refractivity contribution in [2.24, 2.45) is 0 Å². The second-order valence-corrected chi connectivity index (χ2v) is 4.26. The standard InChI is InChI=1S/C14H24N2O2/c1-11-9-12(17-3)10-13(18-4)14(11)16-8-6-5-7-15-2/h9-10,15-16H,5-8H2,1-4H3. The normalized spacial score (nSPS) is 10.2. The van der Waals surface area contributed by atoms with Crippen LogP contribution in [0.2, 0.25) is 0 Å². The minimum Gasteiger partial charge on any atom is -0.497 e. The van der Waals surface area contributed by atoms with Crippen LogP contribution in [-0.2, 0) is 0 Å². The molecule has 18 heavy (non-hydrogen) atoms. The summed E-state index contributed by atoms with van der Waals surface area (Å²) in [7, 11) is 5.32. The van der Waals surface area contributed by atoms with Crippen LogP contribution >= 0.6 is 0 Å². The van der Waals surface area contributed by atoms with Crippen molar-refractivity contribution in [3.05, 3.63) is 17.7 Å². The van der Waals surface area contributed by atoms with E-state index in [4.69, 9.17) is 9.47 Å². The lowest BCUT2D eigenvalue weighted by atomic mass is 10.1. The van der Waals surface area contributed by atoms with Gasteiger partial charge in [-0.2, -0.15) is 0 Å². The maximum absolute atomic E-state index is 5.39. The number of aryl methyl sites for hydroxylation is 1. The van der Waals surface area contributed by atoms with Gasteiger partial charge >= 0.3 is 0 Å². The quantitative estimate of drug-likeness (QED) is 0.697. The molecule has 1 rings (SSSR count). The molecule has 0 bridgehead atoms. The number of ether oxygens (including phenoxy) is 2. The van der Waals surface area contributed by atoms with Crippen molar-refractivity contribution in [2.75, 3.05) is 39.7 Å². The van der Waals surface area contributed by atoms with Gasteiger partial charge in [-0.05, 0) is 45.0 Å². The number of benzene rings is 1. The van der Waals surface area contributed by atoms with Crippen molar-refractivity contribution in [2.45, 2.75) is 19.8 Å². The van der Waals surface area contributed by atoms with E-state index in [0.717, 1.165) is 42.3 Å². The molecule has 4 heteroatoms. The molecule has 0 amide bonds. The highest BCUT2D eigenvalue weighted by Gasteiger charge is 2.08. The Morgan fingerprint density at radius 3 is 2.39 bits per heavy atom. The van der Waals surface area contributed by atoms with Gasteiger partial charge in [-0.25, -0.2) is 0 Å². The number of methoxy groups -OCH3 is 2. The van der Waals surface area contributed by atoms with E-state index < -0.39 is 0 Å². The summed E-state index contributed by atoms with van der Waals surface area (Å²) in [6.07, 6.45) is 2.30. The van der Waals surface area contributed by atoms with Crippen LogP contribution < -0.4 is 20.1 Å². The lowest BCUT2D eigenvalue weighted by Crippen LogP contribution is -2.11. The summed E-state index contributed by atoms with van der Waals surface area (Å²) in [5.74, 6) is 1.66. The molecule has 1 aromatic carbocycles. The zero-order valence-corrected chi connectivity index (χ0v) is 11.8. The maximum atomic E-state index is 5.39. The fourth-order valence-corrected chi connectivity index (χ4v) is 1.87. The molecule has 0 saturated heterocycles. The van der Waals surface area contributed by atoms with E-state index in [0.29, 0.717) is 0 Å². The largest absolute Gasteiger partial charge is 0.497 e. The molecule has 0 radical (unpaired) electrons. The number of hydrogen-bond acceptors (Lipinski definition) is 4. The van der Waals surface area contributed by atoms with Crippen LogP contribution in [-0.4, -0.2) is 34.4 Å². The minimum atomic E-state index is 0.824. The number of unbranched alkanes of at least 4 members (excludes halogenated alkanes) is 1. The van der Waals surface area contributed by atoms with Gasteiger partial charge in [-0.15, -0.1) is 0 Å². The van der Waals surface area contributed by atoms with Crippen LogP contribution in [0.4, 0.5) is 5.69 Å². The Balaban J connectivity index is 2.63. The molecule has 1 aromatic rings. The van der Waals surface area contributed by atoms with Crippen molar-refractivity contribution in [3.8, 4) is 11.5 Å². The van der Waals surface area contributed by atoms with E-state index >= 15 is 0 Å². The molecular weight excluding hydrogens is 228 g/mol. The second-order valence-electron chi connectivity index (χ2n) is 4.26. The maximum Gasteiger partial charge on any atom is 0.145 e. The Labute approximate surface area is 110 Å². The SMILES string of the molecule is CNCCCCNc1c(C)cc(OC)cc1OC. The third-order valence-corrected chi connectivity index (χ3v) is 2.88. The molecule has 0 saturated carbocycles. The van der Waals surface area contributed by atoms with Crippen molar-refractivity contribution in [1.82, 2.24) is 5.32 Å². The van der Waals surface area contributed by atoms with Gasteiger partial charge in [0.15, 0.2) is 0 Å². The van der Waals surface area contributed by atoms with E-state index in [1.165, 1.54) is 6.42 Å². The molecule has 0 spiro atoms. The van der Waals surface area contributed by atoms with Gasteiger partial charge in [-0.3, -0.25) is 0 Å². The summed E-state index contributed by atoms with van der Waals surface area (Å²) in [6, 6.07) is 3.92. The summed E-state index contributed by atoms with van der Waals surface area (Å²) in [4.78, 5) is 0. The van der Waals surface area contributed by atoms with Gasteiger partial charge in [0, 0.05) is 12.6 Å². The molecule has 0 aromatic heterocycles. The zero-order valence-electron chi connectivity index (χ0n) is 11.8. The lowest BCUT2D eigenvalue weighted by molar-refractivity contribution is 0.395. The van der Waals surface area contributed by atoms with Gasteiger partial charge in [0.2, 0.25) is 0 Å². The van der Waals surface area contributed by atoms with Crippen LogP contribution in [0.25, 0.3) is 0 Å². The summed E-state index contributed by atoms with van der Waals surface area (Å²) in [5.41, 5.74) is 2.20. The second kappa shape index (κ2) is 7.82. The van der Waals surface area contributed by atoms with Crippen molar-refractivity contribution < 1.29 is 9.47 Å². The van der Waals surface area contributed by atoms with Crippen LogP contribution in [0.5, 0.6) is 11.5 Å². The van der Waals surface area contributed by atoms with E-state index in [2.05, 4.69) is 17.6 Å². The summed E-state index contributed by atoms with van der Waals surface area (Å²) in [5, 5.41) is 6.58. The molecule has 0 aliphatic rings. The van der Waals surface area contributed by atoms with Gasteiger partial charge in [0.05, 0.1) is 19.9 Å². The monoisotopic (exact) mass is 252 g/mol. The van der Waals surface area contributed by atoms with E-state index in [-0.39, 0.29) is 0 Å². The van der Waals surface area contributed by atoms with Crippen LogP contribution in [0.3, 0.4) is 0 Å². The van der Waals surface area contributed by atoms with Crippen molar-refractivity contribution in [3.63, 3.8) is 0 Å². The average Bonchev–Trinajstić information content (AvgIpc) is 2.39. The third-order valence-electron chi connectivity index (χ3n) is 2.88. The van der Waals surface area contributed by atoms with Crippen molar-refractivity contribution >= 4 is 5.69 Å². The molecule has 102 valence electrons. The molecule has 0 heterocycles. The smallest absolute Gasteiger partial charge is 0.145 e. The van der Waals surface area contributed by atoms with Gasteiger partial charge < -0.3 is 20.1 Å². The first-order valence-electron chi connectivity index (χ1n) is 6.34. The molecule has 0 aliphatic heterocycles. The van der Waals surface area contributed by atoms with Crippen LogP contribution in [0, 0.1) is 6.92 Å². The Morgan fingerprint density at radius 1 is 1.06 bits per heavy atom. The Kier molecular flexibility index (Phi) is 6.36. The summed E-state index contributed by atoms with van der Waals surface area (Å²) < 4.78 is 10.6. The first-order chi connectivity index (χ1) is 8.72. The van der Waals surface area contributed by atoms with Crippen LogP contribution in [0.1, 0.15) is 18.4 Å². The highest BCUT2D eigenvalue weighted by atomic mass is 16.5. The molecule has 0 atom stereocenters. The first kappa shape index (κ1) is 14.6. The lowest BCUT2D eigenvalue weighted by Gasteiger charge is -2.15. The fraction of sp³-hybridized carbons (Fsp3) is 0.571. The number of nitrogens with one attached hydrogen (secondary N) is 2. The Hall–Kier alpha value is -1.42. The zero-order chi connectivity index (χ0) is 13.4. The molecule has 2 N–H and O–H groups in total. The average molecular weight is 252 g/mol. The van der Waals surface area contributed by atoms with E-state index in [1.807, 2.05) is 19.2 Å². The number of rotatable bonds is 8. The van der Waals surface area contributed by atoms with Gasteiger partial charge in [0.25, 0.3) is 0 Å². The Morgan fingerprint density at radius 2 is 1.78 bits per heavy atom. The first-order valence-corrected chi connectivity index (χ1v) is 6.34. The van der Waals surface area contributed by atoms with Gasteiger partial charge in [0.1, 0.15) is 11.5 Å². The highest BCUT2D eigenvalue weighted by molar-refractivity contribution is 5.64. The van der Waals surface area contributed by atoms with Crippen LogP contribution in [0.15, 0.2) is 12.1 Å². The topological polar surface area (TPSA) is 42.5 Å². The molecule has 0 unspecified atom stereocenters. The van der Waals surface area contributed by atoms with Crippen molar-refractivity contribution in [1.29, 1.82) is 0 Å². The third kappa shape index (κ3) is 4.11. The minimum absolute atomic E-state index is 0.824. The molecule has 4 nitrogen and oxygen atoms in total. The van der Waals surface area contributed by atoms with E-state index in [1.54, 1.807) is 14.2 Å². The summed E-state index contributed by atoms with van der Waals surface area (Å²) in [6.45, 7) is 4.06.